The zero-order chi connectivity index (χ0) is 24.1. The van der Waals surface area contributed by atoms with Crippen LogP contribution in [-0.2, 0) is 25.5 Å². The molecule has 0 bridgehead atoms. The van der Waals surface area contributed by atoms with Crippen molar-refractivity contribution in [3.05, 3.63) is 64.1 Å². The van der Waals surface area contributed by atoms with Crippen molar-refractivity contribution in [1.29, 1.82) is 0 Å². The number of carbonyl (C=O) groups is 3. The van der Waals surface area contributed by atoms with Crippen LogP contribution in [0.3, 0.4) is 0 Å². The maximum Gasteiger partial charge on any atom is 0.407 e. The number of rotatable bonds is 11. The van der Waals surface area contributed by atoms with Crippen LogP contribution in [-0.4, -0.2) is 50.0 Å². The van der Waals surface area contributed by atoms with E-state index in [0.29, 0.717) is 15.8 Å². The van der Waals surface area contributed by atoms with Crippen LogP contribution in [0.2, 0.25) is 0 Å². The summed E-state index contributed by atoms with van der Waals surface area (Å²) in [4.78, 5) is 35.9. The molecule has 2 rings (SSSR count). The molecule has 0 unspecified atom stereocenters. The van der Waals surface area contributed by atoms with E-state index in [9.17, 15) is 14.4 Å². The van der Waals surface area contributed by atoms with Crippen LogP contribution in [0.1, 0.15) is 25.0 Å². The van der Waals surface area contributed by atoms with Crippen LogP contribution in [0, 0.1) is 0 Å². The molecule has 1 atom stereocenters. The molecule has 0 spiro atoms. The van der Waals surface area contributed by atoms with Crippen molar-refractivity contribution in [2.75, 3.05) is 19.8 Å². The Morgan fingerprint density at radius 2 is 1.79 bits per heavy atom. The van der Waals surface area contributed by atoms with Gasteiger partial charge >= 0.3 is 12.1 Å². The van der Waals surface area contributed by atoms with Crippen molar-refractivity contribution in [3.63, 3.8) is 0 Å². The number of halogens is 1. The smallest absolute Gasteiger partial charge is 0.407 e. The number of hydrazone groups is 1. The molecule has 0 fully saturated rings. The molecule has 10 heteroatoms. The SMILES string of the molecule is CCOC(=O)COc1ccc(/C=N\NC(=O)[C@H](Cc2ccccc2)NC(=O)OCC)cc1Br. The fourth-order valence-corrected chi connectivity index (χ4v) is 3.19. The van der Waals surface area contributed by atoms with E-state index in [-0.39, 0.29) is 26.2 Å². The Kier molecular flexibility index (Phi) is 10.9. The van der Waals surface area contributed by atoms with Crippen molar-refractivity contribution in [2.45, 2.75) is 26.3 Å². The Balaban J connectivity index is 1.98. The van der Waals surface area contributed by atoms with Gasteiger partial charge in [-0.25, -0.2) is 15.0 Å². The monoisotopic (exact) mass is 519 g/mol. The number of ether oxygens (including phenoxy) is 3. The second-order valence-electron chi connectivity index (χ2n) is 6.62. The molecule has 2 amide bonds. The third-order valence-electron chi connectivity index (χ3n) is 4.16. The number of carbonyl (C=O) groups excluding carboxylic acids is 3. The summed E-state index contributed by atoms with van der Waals surface area (Å²) in [6.45, 7) is 3.68. The zero-order valence-corrected chi connectivity index (χ0v) is 20.0. The highest BCUT2D eigenvalue weighted by molar-refractivity contribution is 9.10. The van der Waals surface area contributed by atoms with Crippen molar-refractivity contribution in [3.8, 4) is 5.75 Å². The van der Waals surface area contributed by atoms with Crippen LogP contribution in [0.15, 0.2) is 58.1 Å². The Labute approximate surface area is 200 Å². The molecule has 2 aromatic rings. The number of alkyl carbamates (subject to hydrolysis) is 1. The fourth-order valence-electron chi connectivity index (χ4n) is 2.68. The van der Waals surface area contributed by atoms with E-state index in [1.165, 1.54) is 6.21 Å². The average molecular weight is 520 g/mol. The first-order valence-corrected chi connectivity index (χ1v) is 11.1. The molecule has 2 N–H and O–H groups in total. The maximum absolute atomic E-state index is 12.6. The summed E-state index contributed by atoms with van der Waals surface area (Å²) < 4.78 is 15.7. The molecular formula is C23H26BrN3O6. The first-order chi connectivity index (χ1) is 15.9. The minimum Gasteiger partial charge on any atom is -0.481 e. The lowest BCUT2D eigenvalue weighted by Crippen LogP contribution is -2.47. The van der Waals surface area contributed by atoms with Gasteiger partial charge in [-0.3, -0.25) is 4.79 Å². The molecular weight excluding hydrogens is 494 g/mol. The van der Waals surface area contributed by atoms with Gasteiger partial charge in [0.05, 0.1) is 23.9 Å². The molecule has 0 saturated heterocycles. The second kappa shape index (κ2) is 13.9. The molecule has 9 nitrogen and oxygen atoms in total. The summed E-state index contributed by atoms with van der Waals surface area (Å²) in [7, 11) is 0. The van der Waals surface area contributed by atoms with E-state index < -0.39 is 24.0 Å². The quantitative estimate of drug-likeness (QED) is 0.267. The van der Waals surface area contributed by atoms with Gasteiger partial charge in [0.15, 0.2) is 6.61 Å². The van der Waals surface area contributed by atoms with Crippen molar-refractivity contribution in [1.82, 2.24) is 10.7 Å². The van der Waals surface area contributed by atoms with E-state index in [0.717, 1.165) is 5.56 Å². The van der Waals surface area contributed by atoms with Crippen LogP contribution < -0.4 is 15.5 Å². The largest absolute Gasteiger partial charge is 0.481 e. The Morgan fingerprint density at radius 3 is 2.45 bits per heavy atom. The number of amides is 2. The van der Waals surface area contributed by atoms with Crippen LogP contribution in [0.5, 0.6) is 5.75 Å². The van der Waals surface area contributed by atoms with Gasteiger partial charge < -0.3 is 19.5 Å². The van der Waals surface area contributed by atoms with Crippen LogP contribution in [0.25, 0.3) is 0 Å². The van der Waals surface area contributed by atoms with Gasteiger partial charge in [-0.05, 0) is 59.1 Å². The van der Waals surface area contributed by atoms with Gasteiger partial charge in [0, 0.05) is 6.42 Å². The van der Waals surface area contributed by atoms with E-state index in [2.05, 4.69) is 31.8 Å². The van der Waals surface area contributed by atoms with Crippen LogP contribution >= 0.6 is 15.9 Å². The number of hydrogen-bond acceptors (Lipinski definition) is 7. The molecule has 2 aromatic carbocycles. The highest BCUT2D eigenvalue weighted by atomic mass is 79.9. The molecule has 0 aromatic heterocycles. The molecule has 0 heterocycles. The molecule has 0 radical (unpaired) electrons. The normalized spacial score (nSPS) is 11.5. The summed E-state index contributed by atoms with van der Waals surface area (Å²) in [6, 6.07) is 13.5. The molecule has 33 heavy (non-hydrogen) atoms. The molecule has 0 aliphatic carbocycles. The lowest BCUT2D eigenvalue weighted by atomic mass is 10.1. The third kappa shape index (κ3) is 9.32. The van der Waals surface area contributed by atoms with E-state index in [1.807, 2.05) is 30.3 Å². The number of nitrogens with one attached hydrogen (secondary N) is 2. The fraction of sp³-hybridized carbons (Fsp3) is 0.304. The molecule has 176 valence electrons. The summed E-state index contributed by atoms with van der Waals surface area (Å²) in [5, 5.41) is 6.53. The highest BCUT2D eigenvalue weighted by Gasteiger charge is 2.21. The topological polar surface area (TPSA) is 115 Å². The average Bonchev–Trinajstić information content (AvgIpc) is 2.79. The molecule has 0 aliphatic heterocycles. The standard InChI is InChI=1S/C23H26BrN3O6/c1-3-31-21(28)15-33-20-11-10-17(12-18(20)24)14-25-27-22(29)19(26-23(30)32-4-2)13-16-8-6-5-7-9-16/h5-12,14,19H,3-4,13,15H2,1-2H3,(H,26,30)(H,27,29)/b25-14-/t19-/m0/s1. The van der Waals surface area contributed by atoms with E-state index in [4.69, 9.17) is 14.2 Å². The maximum atomic E-state index is 12.6. The lowest BCUT2D eigenvalue weighted by molar-refractivity contribution is -0.145. The predicted octanol–water partition coefficient (Wildman–Crippen LogP) is 3.20. The zero-order valence-electron chi connectivity index (χ0n) is 18.4. The minimum atomic E-state index is -0.867. The number of esters is 1. The third-order valence-corrected chi connectivity index (χ3v) is 4.78. The van der Waals surface area contributed by atoms with Gasteiger partial charge in [0.2, 0.25) is 0 Å². The second-order valence-corrected chi connectivity index (χ2v) is 7.48. The summed E-state index contributed by atoms with van der Waals surface area (Å²) in [6.07, 6.45) is 1.04. The van der Waals surface area contributed by atoms with Crippen molar-refractivity contribution >= 4 is 40.1 Å². The number of hydrogen-bond donors (Lipinski definition) is 2. The summed E-state index contributed by atoms with van der Waals surface area (Å²) >= 11 is 3.37. The first kappa shape index (κ1) is 25.9. The first-order valence-electron chi connectivity index (χ1n) is 10.3. The van der Waals surface area contributed by atoms with Gasteiger partial charge in [-0.1, -0.05) is 30.3 Å². The van der Waals surface area contributed by atoms with Crippen molar-refractivity contribution in [2.24, 2.45) is 5.10 Å². The van der Waals surface area contributed by atoms with Gasteiger partial charge in [0.1, 0.15) is 11.8 Å². The molecule has 0 saturated carbocycles. The van der Waals surface area contributed by atoms with Crippen molar-refractivity contribution < 1.29 is 28.6 Å². The summed E-state index contributed by atoms with van der Waals surface area (Å²) in [5.74, 6) is -0.485. The van der Waals surface area contributed by atoms with Crippen LogP contribution in [0.4, 0.5) is 4.79 Å². The predicted molar refractivity (Wildman–Crippen MR) is 126 cm³/mol. The van der Waals surface area contributed by atoms with E-state index in [1.54, 1.807) is 32.0 Å². The highest BCUT2D eigenvalue weighted by Crippen LogP contribution is 2.25. The Hall–Kier alpha value is -3.40. The Bertz CT molecular complexity index is 968. The van der Waals surface area contributed by atoms with Gasteiger partial charge in [-0.2, -0.15) is 5.10 Å². The van der Waals surface area contributed by atoms with E-state index >= 15 is 0 Å². The Morgan fingerprint density at radius 1 is 1.06 bits per heavy atom. The number of nitrogens with zero attached hydrogens (tertiary/aromatic N) is 1. The minimum absolute atomic E-state index is 0.192. The van der Waals surface area contributed by atoms with Gasteiger partial charge in [0.25, 0.3) is 5.91 Å². The lowest BCUT2D eigenvalue weighted by Gasteiger charge is -2.16. The number of benzene rings is 2. The molecule has 0 aliphatic rings. The summed E-state index contributed by atoms with van der Waals surface area (Å²) in [5.41, 5.74) is 3.99. The van der Waals surface area contributed by atoms with Gasteiger partial charge in [-0.15, -0.1) is 0 Å².